The smallest absolute Gasteiger partial charge is 0.227 e. The van der Waals surface area contributed by atoms with Crippen LogP contribution in [0, 0.1) is 17.6 Å². The second kappa shape index (κ2) is 13.1. The van der Waals surface area contributed by atoms with E-state index < -0.39 is 11.6 Å². The molecule has 8 heteroatoms. The molecule has 2 aromatic rings. The van der Waals surface area contributed by atoms with Crippen molar-refractivity contribution >= 4 is 41.5 Å². The fraction of sp³-hybridized carbons (Fsp3) is 0.364. The molecule has 0 aliphatic heterocycles. The van der Waals surface area contributed by atoms with Gasteiger partial charge in [-0.05, 0) is 49.2 Å². The van der Waals surface area contributed by atoms with Gasteiger partial charge in [0, 0.05) is 30.3 Å². The molecule has 30 heavy (non-hydrogen) atoms. The molecule has 0 aliphatic rings. The minimum absolute atomic E-state index is 0. The molecule has 2 aromatic carbocycles. The van der Waals surface area contributed by atoms with Crippen molar-refractivity contribution in [1.82, 2.24) is 10.6 Å². The van der Waals surface area contributed by atoms with Crippen LogP contribution < -0.4 is 16.0 Å². The summed E-state index contributed by atoms with van der Waals surface area (Å²) in [6, 6.07) is 10.8. The average Bonchev–Trinajstić information content (AvgIpc) is 2.72. The fourth-order valence-electron chi connectivity index (χ4n) is 2.57. The van der Waals surface area contributed by atoms with Crippen molar-refractivity contribution in [2.45, 2.75) is 40.3 Å². The Labute approximate surface area is 193 Å². The minimum Gasteiger partial charge on any atom is -0.357 e. The fourth-order valence-corrected chi connectivity index (χ4v) is 2.57. The quantitative estimate of drug-likeness (QED) is 0.261. The van der Waals surface area contributed by atoms with Gasteiger partial charge in [-0.25, -0.2) is 13.8 Å². The summed E-state index contributed by atoms with van der Waals surface area (Å²) < 4.78 is 27.1. The summed E-state index contributed by atoms with van der Waals surface area (Å²) in [6.07, 6.45) is 0.777. The van der Waals surface area contributed by atoms with E-state index in [-0.39, 0.29) is 47.9 Å². The van der Waals surface area contributed by atoms with Gasteiger partial charge in [0.2, 0.25) is 5.91 Å². The van der Waals surface area contributed by atoms with Gasteiger partial charge < -0.3 is 16.0 Å². The highest BCUT2D eigenvalue weighted by Gasteiger charge is 2.10. The van der Waals surface area contributed by atoms with Gasteiger partial charge in [-0.2, -0.15) is 0 Å². The number of guanidine groups is 1. The summed E-state index contributed by atoms with van der Waals surface area (Å²) in [6.45, 7) is 6.89. The van der Waals surface area contributed by atoms with Crippen molar-refractivity contribution in [2.75, 3.05) is 11.9 Å². The molecule has 164 valence electrons. The first-order valence-electron chi connectivity index (χ1n) is 9.78. The molecular weight excluding hydrogens is 501 g/mol. The first kappa shape index (κ1) is 25.8. The van der Waals surface area contributed by atoms with E-state index in [2.05, 4.69) is 20.9 Å². The summed E-state index contributed by atoms with van der Waals surface area (Å²) in [5, 5.41) is 8.99. The van der Waals surface area contributed by atoms with Crippen LogP contribution in [0.15, 0.2) is 47.5 Å². The van der Waals surface area contributed by atoms with Gasteiger partial charge in [0.25, 0.3) is 0 Å². The van der Waals surface area contributed by atoms with Crippen molar-refractivity contribution in [3.05, 3.63) is 65.2 Å². The summed E-state index contributed by atoms with van der Waals surface area (Å²) in [4.78, 5) is 16.5. The van der Waals surface area contributed by atoms with Crippen molar-refractivity contribution < 1.29 is 13.6 Å². The first-order valence-corrected chi connectivity index (χ1v) is 9.78. The highest BCUT2D eigenvalue weighted by atomic mass is 127. The van der Waals surface area contributed by atoms with Crippen LogP contribution in [0.5, 0.6) is 0 Å². The van der Waals surface area contributed by atoms with Crippen molar-refractivity contribution in [3.8, 4) is 0 Å². The molecular formula is C22H29F2IN4O. The van der Waals surface area contributed by atoms with Crippen LogP contribution >= 0.6 is 24.0 Å². The number of carbonyl (C=O) groups is 1. The molecule has 5 nitrogen and oxygen atoms in total. The van der Waals surface area contributed by atoms with E-state index in [0.29, 0.717) is 19.0 Å². The lowest BCUT2D eigenvalue weighted by atomic mass is 10.1. The number of benzene rings is 2. The number of amides is 1. The number of nitrogens with zero attached hydrogens (tertiary/aromatic N) is 1. The number of nitrogens with one attached hydrogen (secondary N) is 3. The highest BCUT2D eigenvalue weighted by molar-refractivity contribution is 14.0. The molecule has 0 spiro atoms. The predicted octanol–water partition coefficient (Wildman–Crippen LogP) is 4.82. The molecule has 1 unspecified atom stereocenters. The van der Waals surface area contributed by atoms with Gasteiger partial charge >= 0.3 is 0 Å². The molecule has 0 saturated carbocycles. The molecule has 0 heterocycles. The zero-order valence-corrected chi connectivity index (χ0v) is 19.8. The van der Waals surface area contributed by atoms with E-state index in [9.17, 15) is 13.6 Å². The van der Waals surface area contributed by atoms with Crippen molar-refractivity contribution in [2.24, 2.45) is 10.9 Å². The van der Waals surface area contributed by atoms with Crippen LogP contribution in [0.1, 0.15) is 38.3 Å². The van der Waals surface area contributed by atoms with Crippen LogP contribution in [0.4, 0.5) is 14.5 Å². The molecule has 0 radical (unpaired) electrons. The Balaban J connectivity index is 0.00000450. The summed E-state index contributed by atoms with van der Waals surface area (Å²) in [5.41, 5.74) is 1.87. The zero-order chi connectivity index (χ0) is 21.2. The normalized spacial score (nSPS) is 12.0. The lowest BCUT2D eigenvalue weighted by molar-refractivity contribution is -0.119. The van der Waals surface area contributed by atoms with E-state index in [1.807, 2.05) is 45.0 Å². The largest absolute Gasteiger partial charge is 0.357 e. The van der Waals surface area contributed by atoms with E-state index in [0.717, 1.165) is 35.9 Å². The Morgan fingerprint density at radius 2 is 1.87 bits per heavy atom. The molecule has 2 rings (SSSR count). The Bertz CT molecular complexity index is 861. The summed E-state index contributed by atoms with van der Waals surface area (Å²) in [7, 11) is 0. The summed E-state index contributed by atoms with van der Waals surface area (Å²) in [5.74, 6) is -0.532. The zero-order valence-electron chi connectivity index (χ0n) is 17.5. The topological polar surface area (TPSA) is 65.5 Å². The standard InChI is InChI=1S/C22H28F2N4O.HI/c1-4-15(3)21(29)28-19-8-6-7-16(11-19)13-26-22(25-5-2)27-14-17-12-18(23)9-10-20(17)24;/h6-12,15H,4-5,13-14H2,1-3H3,(H,28,29)(H2,25,26,27);1H. The third-order valence-corrected chi connectivity index (χ3v) is 4.47. The number of rotatable bonds is 8. The average molecular weight is 530 g/mol. The monoisotopic (exact) mass is 530 g/mol. The maximum Gasteiger partial charge on any atom is 0.227 e. The number of hydrogen-bond acceptors (Lipinski definition) is 2. The van der Waals surface area contributed by atoms with Crippen LogP contribution in [-0.2, 0) is 17.9 Å². The lowest BCUT2D eigenvalue weighted by Gasteiger charge is -2.13. The molecule has 0 aliphatic carbocycles. The van der Waals surface area contributed by atoms with E-state index in [1.54, 1.807) is 0 Å². The molecule has 0 saturated heterocycles. The van der Waals surface area contributed by atoms with Gasteiger partial charge in [-0.1, -0.05) is 26.0 Å². The molecule has 1 atom stereocenters. The van der Waals surface area contributed by atoms with Crippen molar-refractivity contribution in [3.63, 3.8) is 0 Å². The molecule has 1 amide bonds. The van der Waals surface area contributed by atoms with Gasteiger partial charge in [0.05, 0.1) is 6.54 Å². The Morgan fingerprint density at radius 1 is 1.10 bits per heavy atom. The number of hydrogen-bond donors (Lipinski definition) is 3. The SMILES string of the molecule is CCNC(=NCc1cccc(NC(=O)C(C)CC)c1)NCc1cc(F)ccc1F.I. The summed E-state index contributed by atoms with van der Waals surface area (Å²) >= 11 is 0. The van der Waals surface area contributed by atoms with E-state index >= 15 is 0 Å². The minimum atomic E-state index is -0.485. The van der Waals surface area contributed by atoms with Crippen LogP contribution in [-0.4, -0.2) is 18.4 Å². The Morgan fingerprint density at radius 3 is 2.57 bits per heavy atom. The molecule has 0 bridgehead atoms. The Hall–Kier alpha value is -2.23. The molecule has 0 fully saturated rings. The van der Waals surface area contributed by atoms with Crippen LogP contribution in [0.25, 0.3) is 0 Å². The second-order valence-electron chi connectivity index (χ2n) is 6.78. The maximum absolute atomic E-state index is 13.8. The van der Waals surface area contributed by atoms with Gasteiger partial charge in [-0.3, -0.25) is 4.79 Å². The highest BCUT2D eigenvalue weighted by Crippen LogP contribution is 2.14. The maximum atomic E-state index is 13.8. The lowest BCUT2D eigenvalue weighted by Crippen LogP contribution is -2.37. The Kier molecular flexibility index (Phi) is 11.3. The van der Waals surface area contributed by atoms with Gasteiger partial charge in [0.15, 0.2) is 5.96 Å². The van der Waals surface area contributed by atoms with Crippen LogP contribution in [0.2, 0.25) is 0 Å². The number of anilines is 1. The van der Waals surface area contributed by atoms with Crippen LogP contribution in [0.3, 0.4) is 0 Å². The number of aliphatic imine (C=N–C) groups is 1. The van der Waals surface area contributed by atoms with Gasteiger partial charge in [0.1, 0.15) is 11.6 Å². The number of halogens is 3. The first-order chi connectivity index (χ1) is 13.9. The van der Waals surface area contributed by atoms with E-state index in [1.165, 1.54) is 0 Å². The van der Waals surface area contributed by atoms with Gasteiger partial charge in [-0.15, -0.1) is 24.0 Å². The third-order valence-electron chi connectivity index (χ3n) is 4.47. The molecule has 3 N–H and O–H groups in total. The predicted molar refractivity (Wildman–Crippen MR) is 128 cm³/mol. The van der Waals surface area contributed by atoms with Crippen molar-refractivity contribution in [1.29, 1.82) is 0 Å². The number of carbonyl (C=O) groups excluding carboxylic acids is 1. The third kappa shape index (κ3) is 8.25. The van der Waals surface area contributed by atoms with E-state index in [4.69, 9.17) is 0 Å². The second-order valence-corrected chi connectivity index (χ2v) is 6.78. The molecule has 0 aromatic heterocycles.